The molecule has 28 heavy (non-hydrogen) atoms. The van der Waals surface area contributed by atoms with Crippen molar-refractivity contribution in [3.63, 3.8) is 0 Å². The molecule has 1 amide bonds. The van der Waals surface area contributed by atoms with Crippen LogP contribution in [-0.4, -0.2) is 47.5 Å². The lowest BCUT2D eigenvalue weighted by Crippen LogP contribution is -2.58. The Kier molecular flexibility index (Phi) is 6.24. The van der Waals surface area contributed by atoms with Crippen molar-refractivity contribution < 1.29 is 22.7 Å². The molecule has 7 heteroatoms. The largest absolute Gasteiger partial charge is 0.481 e. The first kappa shape index (κ1) is 20.2. The number of nitrogens with zero attached hydrogens (tertiary/aromatic N) is 2. The van der Waals surface area contributed by atoms with Gasteiger partial charge >= 0.3 is 0 Å². The third kappa shape index (κ3) is 4.84. The topological polar surface area (TPSA) is 32.8 Å². The highest BCUT2D eigenvalue weighted by Gasteiger charge is 2.32. The maximum atomic E-state index is 13.6. The molecule has 0 saturated carbocycles. The molecule has 2 atom stereocenters. The number of ether oxygens (including phenoxy) is 1. The van der Waals surface area contributed by atoms with Crippen molar-refractivity contribution in [2.24, 2.45) is 0 Å². The Labute approximate surface area is 162 Å². The van der Waals surface area contributed by atoms with Crippen molar-refractivity contribution in [2.75, 3.05) is 19.7 Å². The number of piperazine rings is 1. The number of halogens is 3. The fourth-order valence-electron chi connectivity index (χ4n) is 3.40. The molecule has 0 radical (unpaired) electrons. The zero-order chi connectivity index (χ0) is 20.3. The van der Waals surface area contributed by atoms with Gasteiger partial charge < -0.3 is 9.64 Å². The standard InChI is InChI=1S/C21H23F3N2O2/c1-14-11-26(21(27)13-28-20-8-7-18(23)9-19(20)24)15(2)10-25(14)12-16-3-5-17(22)6-4-16/h3-9,14-15H,10-13H2,1-2H3. The summed E-state index contributed by atoms with van der Waals surface area (Å²) in [6.45, 7) is 5.50. The fourth-order valence-corrected chi connectivity index (χ4v) is 3.40. The molecule has 1 fully saturated rings. The minimum absolute atomic E-state index is 0.0502. The van der Waals surface area contributed by atoms with Crippen LogP contribution in [0.2, 0.25) is 0 Å². The van der Waals surface area contributed by atoms with E-state index in [4.69, 9.17) is 4.74 Å². The van der Waals surface area contributed by atoms with Crippen LogP contribution in [0.3, 0.4) is 0 Å². The van der Waals surface area contributed by atoms with E-state index in [1.54, 1.807) is 17.0 Å². The second-order valence-electron chi connectivity index (χ2n) is 7.16. The normalized spacial score (nSPS) is 20.2. The van der Waals surface area contributed by atoms with Crippen LogP contribution in [0, 0.1) is 17.5 Å². The van der Waals surface area contributed by atoms with E-state index in [-0.39, 0.29) is 36.2 Å². The number of carbonyl (C=O) groups is 1. The van der Waals surface area contributed by atoms with Crippen molar-refractivity contribution in [3.05, 3.63) is 65.5 Å². The van der Waals surface area contributed by atoms with Gasteiger partial charge in [0.05, 0.1) is 0 Å². The van der Waals surface area contributed by atoms with Crippen molar-refractivity contribution in [1.29, 1.82) is 0 Å². The highest BCUT2D eigenvalue weighted by atomic mass is 19.1. The van der Waals surface area contributed by atoms with E-state index in [1.165, 1.54) is 18.2 Å². The summed E-state index contributed by atoms with van der Waals surface area (Å²) in [4.78, 5) is 16.5. The number of hydrogen-bond acceptors (Lipinski definition) is 3. The van der Waals surface area contributed by atoms with E-state index in [0.717, 1.165) is 17.7 Å². The zero-order valence-corrected chi connectivity index (χ0v) is 15.9. The predicted molar refractivity (Wildman–Crippen MR) is 99.3 cm³/mol. The van der Waals surface area contributed by atoms with Crippen LogP contribution >= 0.6 is 0 Å². The number of amides is 1. The van der Waals surface area contributed by atoms with Crippen molar-refractivity contribution in [2.45, 2.75) is 32.5 Å². The molecule has 0 aliphatic carbocycles. The maximum Gasteiger partial charge on any atom is 0.260 e. The highest BCUT2D eigenvalue weighted by Crippen LogP contribution is 2.20. The average Bonchev–Trinajstić information content (AvgIpc) is 2.65. The summed E-state index contributed by atoms with van der Waals surface area (Å²) >= 11 is 0. The second kappa shape index (κ2) is 8.65. The first-order valence-electron chi connectivity index (χ1n) is 9.19. The van der Waals surface area contributed by atoms with Gasteiger partial charge in [0.15, 0.2) is 18.2 Å². The Morgan fingerprint density at radius 2 is 1.68 bits per heavy atom. The van der Waals surface area contributed by atoms with Crippen LogP contribution < -0.4 is 4.74 Å². The van der Waals surface area contributed by atoms with E-state index in [2.05, 4.69) is 4.90 Å². The Hall–Kier alpha value is -2.54. The molecule has 0 N–H and O–H groups in total. The molecular formula is C21H23F3N2O2. The summed E-state index contributed by atoms with van der Waals surface area (Å²) in [7, 11) is 0. The molecule has 1 aliphatic rings. The lowest BCUT2D eigenvalue weighted by atomic mass is 10.1. The molecule has 1 saturated heterocycles. The van der Waals surface area contributed by atoms with Gasteiger partial charge in [0.2, 0.25) is 0 Å². The fraction of sp³-hybridized carbons (Fsp3) is 0.381. The second-order valence-corrected chi connectivity index (χ2v) is 7.16. The van der Waals surface area contributed by atoms with Crippen LogP contribution in [0.5, 0.6) is 5.75 Å². The minimum Gasteiger partial charge on any atom is -0.481 e. The van der Waals surface area contributed by atoms with Crippen LogP contribution in [0.15, 0.2) is 42.5 Å². The molecule has 0 spiro atoms. The summed E-state index contributed by atoms with van der Waals surface area (Å²) in [5.74, 6) is -2.19. The van der Waals surface area contributed by atoms with Gasteiger partial charge in [-0.1, -0.05) is 12.1 Å². The summed E-state index contributed by atoms with van der Waals surface area (Å²) in [6, 6.07) is 9.43. The van der Waals surface area contributed by atoms with E-state index in [0.29, 0.717) is 19.6 Å². The monoisotopic (exact) mass is 392 g/mol. The Bertz CT molecular complexity index is 829. The van der Waals surface area contributed by atoms with Gasteiger partial charge in [-0.05, 0) is 43.7 Å². The SMILES string of the molecule is CC1CN(C(=O)COc2ccc(F)cc2F)C(C)CN1Cc1ccc(F)cc1. The van der Waals surface area contributed by atoms with Gasteiger partial charge in [-0.3, -0.25) is 9.69 Å². The van der Waals surface area contributed by atoms with Gasteiger partial charge in [0.1, 0.15) is 11.6 Å². The Balaban J connectivity index is 1.57. The number of hydrogen-bond donors (Lipinski definition) is 0. The summed E-state index contributed by atoms with van der Waals surface area (Å²) < 4.78 is 44.9. The molecule has 0 aromatic heterocycles. The first-order valence-corrected chi connectivity index (χ1v) is 9.19. The van der Waals surface area contributed by atoms with E-state index in [9.17, 15) is 18.0 Å². The Morgan fingerprint density at radius 1 is 1.00 bits per heavy atom. The Morgan fingerprint density at radius 3 is 2.36 bits per heavy atom. The smallest absolute Gasteiger partial charge is 0.260 e. The molecule has 3 rings (SSSR count). The zero-order valence-electron chi connectivity index (χ0n) is 15.9. The highest BCUT2D eigenvalue weighted by molar-refractivity contribution is 5.78. The number of benzene rings is 2. The molecule has 0 bridgehead atoms. The van der Waals surface area contributed by atoms with Crippen LogP contribution in [-0.2, 0) is 11.3 Å². The van der Waals surface area contributed by atoms with Gasteiger partial charge in [-0.25, -0.2) is 13.2 Å². The van der Waals surface area contributed by atoms with Crippen LogP contribution in [0.4, 0.5) is 13.2 Å². The van der Waals surface area contributed by atoms with Crippen LogP contribution in [0.25, 0.3) is 0 Å². The number of rotatable bonds is 5. The van der Waals surface area contributed by atoms with Gasteiger partial charge in [-0.15, -0.1) is 0 Å². The van der Waals surface area contributed by atoms with Crippen molar-refractivity contribution in [1.82, 2.24) is 9.80 Å². The average molecular weight is 392 g/mol. The molecule has 4 nitrogen and oxygen atoms in total. The van der Waals surface area contributed by atoms with Gasteiger partial charge in [0.25, 0.3) is 5.91 Å². The first-order chi connectivity index (χ1) is 13.3. The maximum absolute atomic E-state index is 13.6. The van der Waals surface area contributed by atoms with E-state index < -0.39 is 11.6 Å². The molecule has 2 aromatic carbocycles. The van der Waals surface area contributed by atoms with Gasteiger partial charge in [-0.2, -0.15) is 0 Å². The summed E-state index contributed by atoms with van der Waals surface area (Å²) in [6.07, 6.45) is 0. The van der Waals surface area contributed by atoms with Crippen molar-refractivity contribution >= 4 is 5.91 Å². The third-order valence-electron chi connectivity index (χ3n) is 4.98. The molecule has 2 aromatic rings. The van der Waals surface area contributed by atoms with E-state index in [1.807, 2.05) is 13.8 Å². The number of carbonyl (C=O) groups excluding carboxylic acids is 1. The lowest BCUT2D eigenvalue weighted by Gasteiger charge is -2.44. The molecule has 1 heterocycles. The molecule has 1 aliphatic heterocycles. The van der Waals surface area contributed by atoms with Gasteiger partial charge in [0, 0.05) is 37.8 Å². The van der Waals surface area contributed by atoms with Crippen LogP contribution in [0.1, 0.15) is 19.4 Å². The van der Waals surface area contributed by atoms with E-state index >= 15 is 0 Å². The van der Waals surface area contributed by atoms with Crippen molar-refractivity contribution in [3.8, 4) is 5.75 Å². The molecule has 2 unspecified atom stereocenters. The quantitative estimate of drug-likeness (QED) is 0.780. The lowest BCUT2D eigenvalue weighted by molar-refractivity contribution is -0.139. The third-order valence-corrected chi connectivity index (χ3v) is 4.98. The minimum atomic E-state index is -0.835. The molecular weight excluding hydrogens is 369 g/mol. The molecule has 150 valence electrons. The summed E-state index contributed by atoms with van der Waals surface area (Å²) in [5, 5.41) is 0. The summed E-state index contributed by atoms with van der Waals surface area (Å²) in [5.41, 5.74) is 1.01. The predicted octanol–water partition coefficient (Wildman–Crippen LogP) is 3.60.